The van der Waals surface area contributed by atoms with Crippen molar-refractivity contribution in [1.29, 1.82) is 0 Å². The molecule has 0 fully saturated rings. The van der Waals surface area contributed by atoms with E-state index < -0.39 is 29.3 Å². The third-order valence-corrected chi connectivity index (χ3v) is 5.81. The molecule has 0 atom stereocenters. The van der Waals surface area contributed by atoms with Crippen LogP contribution in [0.2, 0.25) is 0 Å². The third-order valence-electron chi connectivity index (χ3n) is 5.81. The lowest BCUT2D eigenvalue weighted by Crippen LogP contribution is -2.11. The van der Waals surface area contributed by atoms with Gasteiger partial charge >= 0.3 is 11.9 Å². The SMILES string of the molecule is CCOC(=O)c1cccc2c1C(=O)C(=CC=CC=CC1=C(O)c3cccc(C(=O)OCC)c3C1=O)C2=O. The fourth-order valence-electron chi connectivity index (χ4n) is 4.18. The van der Waals surface area contributed by atoms with Gasteiger partial charge in [-0.3, -0.25) is 14.4 Å². The summed E-state index contributed by atoms with van der Waals surface area (Å²) in [4.78, 5) is 63.0. The molecule has 0 unspecified atom stereocenters. The Labute approximate surface area is 212 Å². The first kappa shape index (κ1) is 25.2. The summed E-state index contributed by atoms with van der Waals surface area (Å²) < 4.78 is 9.98. The van der Waals surface area contributed by atoms with Crippen molar-refractivity contribution in [3.63, 3.8) is 0 Å². The van der Waals surface area contributed by atoms with Gasteiger partial charge < -0.3 is 14.6 Å². The van der Waals surface area contributed by atoms with Gasteiger partial charge in [0, 0.05) is 22.3 Å². The van der Waals surface area contributed by atoms with E-state index in [1.165, 1.54) is 60.7 Å². The topological polar surface area (TPSA) is 124 Å². The fourth-order valence-corrected chi connectivity index (χ4v) is 4.18. The smallest absolute Gasteiger partial charge is 0.338 e. The van der Waals surface area contributed by atoms with Gasteiger partial charge in [0.05, 0.1) is 35.5 Å². The highest BCUT2D eigenvalue weighted by molar-refractivity contribution is 6.41. The monoisotopic (exact) mass is 498 g/mol. The molecule has 0 heterocycles. The molecular formula is C29H22O8. The van der Waals surface area contributed by atoms with Gasteiger partial charge in [-0.1, -0.05) is 42.5 Å². The number of hydrogen-bond acceptors (Lipinski definition) is 8. The number of ether oxygens (including phenoxy) is 2. The van der Waals surface area contributed by atoms with Crippen LogP contribution in [-0.4, -0.2) is 47.6 Å². The van der Waals surface area contributed by atoms with Gasteiger partial charge in [-0.25, -0.2) is 9.59 Å². The first-order valence-corrected chi connectivity index (χ1v) is 11.5. The second kappa shape index (κ2) is 10.4. The molecule has 2 aromatic carbocycles. The number of esters is 2. The lowest BCUT2D eigenvalue weighted by molar-refractivity contribution is 0.0515. The van der Waals surface area contributed by atoms with Gasteiger partial charge in [-0.05, 0) is 38.1 Å². The second-order valence-electron chi connectivity index (χ2n) is 7.97. The number of carbonyl (C=O) groups excluding carboxylic acids is 5. The maximum absolute atomic E-state index is 12.9. The Hall–Kier alpha value is -4.85. The summed E-state index contributed by atoms with van der Waals surface area (Å²) in [5.41, 5.74) is 0.439. The highest BCUT2D eigenvalue weighted by Gasteiger charge is 2.36. The maximum atomic E-state index is 12.9. The van der Waals surface area contributed by atoms with Crippen LogP contribution >= 0.6 is 0 Å². The number of Topliss-reactive ketones (excluding diaryl/α,β-unsaturated/α-hetero) is 3. The molecule has 0 saturated heterocycles. The van der Waals surface area contributed by atoms with Gasteiger partial charge in [0.1, 0.15) is 5.76 Å². The van der Waals surface area contributed by atoms with Gasteiger partial charge in [-0.2, -0.15) is 0 Å². The van der Waals surface area contributed by atoms with Gasteiger partial charge in [0.2, 0.25) is 0 Å². The zero-order chi connectivity index (χ0) is 26.7. The summed E-state index contributed by atoms with van der Waals surface area (Å²) in [5, 5.41) is 10.5. The Morgan fingerprint density at radius 2 is 1.32 bits per heavy atom. The van der Waals surface area contributed by atoms with E-state index in [0.29, 0.717) is 0 Å². The van der Waals surface area contributed by atoms with Crippen LogP contribution in [0.25, 0.3) is 5.76 Å². The first-order chi connectivity index (χ1) is 17.8. The molecule has 2 aromatic rings. The van der Waals surface area contributed by atoms with Crippen molar-refractivity contribution in [3.05, 3.63) is 111 Å². The van der Waals surface area contributed by atoms with Crippen LogP contribution in [0.1, 0.15) is 71.2 Å². The summed E-state index contributed by atoms with van der Waals surface area (Å²) >= 11 is 0. The van der Waals surface area contributed by atoms with Crippen molar-refractivity contribution in [3.8, 4) is 0 Å². The van der Waals surface area contributed by atoms with Crippen molar-refractivity contribution in [2.45, 2.75) is 13.8 Å². The van der Waals surface area contributed by atoms with Crippen molar-refractivity contribution in [2.24, 2.45) is 0 Å². The molecule has 0 aromatic heterocycles. The largest absolute Gasteiger partial charge is 0.507 e. The Bertz CT molecular complexity index is 1480. The molecule has 0 aliphatic heterocycles. The Morgan fingerprint density at radius 1 is 0.757 bits per heavy atom. The molecule has 2 aliphatic rings. The van der Waals surface area contributed by atoms with Crippen molar-refractivity contribution >= 4 is 35.0 Å². The van der Waals surface area contributed by atoms with Crippen molar-refractivity contribution in [2.75, 3.05) is 13.2 Å². The van der Waals surface area contributed by atoms with Crippen LogP contribution in [0, 0.1) is 0 Å². The highest BCUT2D eigenvalue weighted by Crippen LogP contribution is 2.34. The molecule has 0 radical (unpaired) electrons. The number of hydrogen-bond donors (Lipinski definition) is 1. The van der Waals surface area contributed by atoms with Crippen LogP contribution in [0.4, 0.5) is 0 Å². The zero-order valence-corrected chi connectivity index (χ0v) is 20.1. The number of ketones is 3. The van der Waals surface area contributed by atoms with E-state index >= 15 is 0 Å². The minimum Gasteiger partial charge on any atom is -0.507 e. The summed E-state index contributed by atoms with van der Waals surface area (Å²) in [7, 11) is 0. The molecule has 186 valence electrons. The van der Waals surface area contributed by atoms with Crippen LogP contribution in [0.5, 0.6) is 0 Å². The minimum atomic E-state index is -0.679. The normalized spacial score (nSPS) is 15.7. The van der Waals surface area contributed by atoms with Crippen LogP contribution in [-0.2, 0) is 9.47 Å². The lowest BCUT2D eigenvalue weighted by atomic mass is 10.0. The molecule has 4 rings (SSSR count). The quantitative estimate of drug-likeness (QED) is 0.254. The predicted molar refractivity (Wildman–Crippen MR) is 134 cm³/mol. The summed E-state index contributed by atoms with van der Waals surface area (Å²) in [5.74, 6) is -3.21. The molecule has 0 saturated carbocycles. The van der Waals surface area contributed by atoms with E-state index in [-0.39, 0.29) is 63.5 Å². The van der Waals surface area contributed by atoms with Crippen molar-refractivity contribution in [1.82, 2.24) is 0 Å². The van der Waals surface area contributed by atoms with E-state index in [1.54, 1.807) is 19.9 Å². The van der Waals surface area contributed by atoms with E-state index in [0.717, 1.165) is 0 Å². The summed E-state index contributed by atoms with van der Waals surface area (Å²) in [6.07, 6.45) is 7.06. The standard InChI is InChI=1S/C29H22O8/c1-3-36-28(34)18-14-8-12-16-22(18)26(32)20(24(16)30)10-6-5-7-11-21-25(31)17-13-9-15-19(23(17)27(21)33)29(35)37-4-2/h5-15,30H,3-4H2,1-2H3. The number of allylic oxidation sites excluding steroid dienone is 7. The van der Waals surface area contributed by atoms with Gasteiger partial charge in [0.25, 0.3) is 0 Å². The van der Waals surface area contributed by atoms with Crippen LogP contribution in [0.3, 0.4) is 0 Å². The van der Waals surface area contributed by atoms with Gasteiger partial charge in [0.15, 0.2) is 17.3 Å². The molecule has 2 aliphatic carbocycles. The van der Waals surface area contributed by atoms with E-state index in [1.807, 2.05) is 0 Å². The number of benzene rings is 2. The Balaban J connectivity index is 1.54. The number of fused-ring (bicyclic) bond motifs is 2. The van der Waals surface area contributed by atoms with Crippen molar-refractivity contribution < 1.29 is 38.6 Å². The number of aliphatic hydroxyl groups excluding tert-OH is 1. The van der Waals surface area contributed by atoms with Crippen LogP contribution in [0.15, 0.2) is 77.9 Å². The molecule has 0 spiro atoms. The summed E-state index contributed by atoms with van der Waals surface area (Å²) in [6.45, 7) is 3.57. The van der Waals surface area contributed by atoms with E-state index in [4.69, 9.17) is 9.47 Å². The maximum Gasteiger partial charge on any atom is 0.338 e. The van der Waals surface area contributed by atoms with Gasteiger partial charge in [-0.15, -0.1) is 0 Å². The molecule has 0 amide bonds. The zero-order valence-electron chi connectivity index (χ0n) is 20.1. The Morgan fingerprint density at radius 3 is 1.92 bits per heavy atom. The third kappa shape index (κ3) is 4.45. The highest BCUT2D eigenvalue weighted by atomic mass is 16.5. The molecular weight excluding hydrogens is 476 g/mol. The number of carbonyl (C=O) groups is 5. The minimum absolute atomic E-state index is 0.0106. The number of rotatable bonds is 7. The molecule has 8 heteroatoms. The molecule has 37 heavy (non-hydrogen) atoms. The molecule has 0 bridgehead atoms. The predicted octanol–water partition coefficient (Wildman–Crippen LogP) is 4.62. The fraction of sp³-hybridized carbons (Fsp3) is 0.138. The number of aliphatic hydroxyl groups is 1. The van der Waals surface area contributed by atoms with Crippen LogP contribution < -0.4 is 0 Å². The summed E-state index contributed by atoms with van der Waals surface area (Å²) in [6, 6.07) is 8.98. The Kier molecular flexibility index (Phi) is 7.11. The first-order valence-electron chi connectivity index (χ1n) is 11.5. The lowest BCUT2D eigenvalue weighted by Gasteiger charge is -2.06. The molecule has 1 N–H and O–H groups in total. The van der Waals surface area contributed by atoms with E-state index in [9.17, 15) is 29.1 Å². The second-order valence-corrected chi connectivity index (χ2v) is 7.97. The molecule has 8 nitrogen and oxygen atoms in total. The average molecular weight is 498 g/mol. The van der Waals surface area contributed by atoms with E-state index in [2.05, 4.69) is 0 Å². The average Bonchev–Trinajstić information content (AvgIpc) is 3.28.